The summed E-state index contributed by atoms with van der Waals surface area (Å²) in [6.07, 6.45) is 14.1. The van der Waals surface area contributed by atoms with Crippen molar-refractivity contribution in [3.8, 4) is 0 Å². The zero-order chi connectivity index (χ0) is 17.6. The van der Waals surface area contributed by atoms with Crippen LogP contribution in [0.1, 0.15) is 58.8 Å². The van der Waals surface area contributed by atoms with Gasteiger partial charge in [-0.2, -0.15) is 0 Å². The van der Waals surface area contributed by atoms with Gasteiger partial charge in [0, 0.05) is 6.04 Å². The Morgan fingerprint density at radius 2 is 1.80 bits per heavy atom. The quantitative estimate of drug-likeness (QED) is 0.794. The van der Waals surface area contributed by atoms with Crippen molar-refractivity contribution in [2.45, 2.75) is 64.8 Å². The Kier molecular flexibility index (Phi) is 7.15. The molecular formula is C22H39N3. The Morgan fingerprint density at radius 1 is 1.08 bits per heavy atom. The number of hydrogen-bond donors (Lipinski definition) is 1. The fourth-order valence-corrected chi connectivity index (χ4v) is 5.16. The summed E-state index contributed by atoms with van der Waals surface area (Å²) in [6, 6.07) is 0.857. The second kappa shape index (κ2) is 9.34. The lowest BCUT2D eigenvalue weighted by molar-refractivity contribution is 0.0906. The maximum Gasteiger partial charge on any atom is 0.0120 e. The van der Waals surface area contributed by atoms with Crippen LogP contribution in [0.3, 0.4) is 0 Å². The molecule has 0 bridgehead atoms. The smallest absolute Gasteiger partial charge is 0.0120 e. The molecule has 25 heavy (non-hydrogen) atoms. The predicted molar refractivity (Wildman–Crippen MR) is 108 cm³/mol. The molecule has 2 unspecified atom stereocenters. The molecule has 0 spiro atoms. The van der Waals surface area contributed by atoms with E-state index in [4.69, 9.17) is 5.73 Å². The summed E-state index contributed by atoms with van der Waals surface area (Å²) < 4.78 is 0. The second-order valence-corrected chi connectivity index (χ2v) is 8.68. The van der Waals surface area contributed by atoms with Crippen LogP contribution in [0.25, 0.3) is 0 Å². The molecule has 2 atom stereocenters. The van der Waals surface area contributed by atoms with Crippen molar-refractivity contribution < 1.29 is 0 Å². The normalized spacial score (nSPS) is 28.5. The lowest BCUT2D eigenvalue weighted by Gasteiger charge is -2.40. The van der Waals surface area contributed by atoms with Crippen molar-refractivity contribution in [2.24, 2.45) is 17.6 Å². The first-order chi connectivity index (χ1) is 12.2. The molecule has 2 heterocycles. The molecule has 0 aromatic carbocycles. The number of nitrogens with zero attached hydrogens (tertiary/aromatic N) is 2. The second-order valence-electron chi connectivity index (χ2n) is 8.68. The average molecular weight is 346 g/mol. The lowest BCUT2D eigenvalue weighted by atomic mass is 9.80. The van der Waals surface area contributed by atoms with E-state index in [1.807, 2.05) is 0 Å². The summed E-state index contributed by atoms with van der Waals surface area (Å²) in [4.78, 5) is 5.46. The highest BCUT2D eigenvalue weighted by Crippen LogP contribution is 2.31. The predicted octanol–water partition coefficient (Wildman–Crippen LogP) is 3.81. The van der Waals surface area contributed by atoms with Crippen molar-refractivity contribution in [1.82, 2.24) is 9.80 Å². The van der Waals surface area contributed by atoms with Gasteiger partial charge in [-0.25, -0.2) is 0 Å². The molecule has 3 aliphatic rings. The molecule has 0 amide bonds. The minimum absolute atomic E-state index is 0.569. The minimum Gasteiger partial charge on any atom is -0.330 e. The molecule has 2 N–H and O–H groups in total. The zero-order valence-electron chi connectivity index (χ0n) is 16.6. The van der Waals surface area contributed by atoms with E-state index in [2.05, 4.69) is 35.8 Å². The van der Waals surface area contributed by atoms with E-state index in [1.54, 1.807) is 5.57 Å². The number of hydrogen-bond acceptors (Lipinski definition) is 3. The molecule has 2 aliphatic heterocycles. The van der Waals surface area contributed by atoms with Gasteiger partial charge < -0.3 is 15.5 Å². The third kappa shape index (κ3) is 5.18. The molecule has 3 heteroatoms. The maximum absolute atomic E-state index is 6.15. The fourth-order valence-electron chi connectivity index (χ4n) is 5.16. The summed E-state index contributed by atoms with van der Waals surface area (Å²) in [6.45, 7) is 11.9. The Morgan fingerprint density at radius 3 is 2.44 bits per heavy atom. The van der Waals surface area contributed by atoms with Crippen molar-refractivity contribution in [1.29, 1.82) is 0 Å². The van der Waals surface area contributed by atoms with Crippen LogP contribution in [0.5, 0.6) is 0 Å². The maximum atomic E-state index is 6.15. The largest absolute Gasteiger partial charge is 0.330 e. The fraction of sp³-hybridized carbons (Fsp3) is 0.818. The van der Waals surface area contributed by atoms with Crippen LogP contribution in [0.2, 0.25) is 0 Å². The third-order valence-electron chi connectivity index (χ3n) is 6.77. The lowest BCUT2D eigenvalue weighted by Crippen LogP contribution is -2.47. The number of allylic oxidation sites excluding steroid dienone is 3. The first-order valence-corrected chi connectivity index (χ1v) is 10.7. The molecular weight excluding hydrogens is 306 g/mol. The van der Waals surface area contributed by atoms with E-state index < -0.39 is 0 Å². The van der Waals surface area contributed by atoms with Gasteiger partial charge in [0.1, 0.15) is 0 Å². The van der Waals surface area contributed by atoms with Gasteiger partial charge in [-0.05, 0) is 96.6 Å². The Labute approximate surface area is 155 Å². The van der Waals surface area contributed by atoms with Crippen molar-refractivity contribution >= 4 is 0 Å². The summed E-state index contributed by atoms with van der Waals surface area (Å²) >= 11 is 0. The first kappa shape index (κ1) is 19.1. The van der Waals surface area contributed by atoms with Gasteiger partial charge in [0.2, 0.25) is 0 Å². The topological polar surface area (TPSA) is 32.5 Å². The van der Waals surface area contributed by atoms with Gasteiger partial charge >= 0.3 is 0 Å². The minimum atomic E-state index is 0.569. The summed E-state index contributed by atoms with van der Waals surface area (Å²) in [5, 5.41) is 0. The molecule has 2 saturated heterocycles. The van der Waals surface area contributed by atoms with Gasteiger partial charge in [0.25, 0.3) is 0 Å². The van der Waals surface area contributed by atoms with Crippen LogP contribution in [0.4, 0.5) is 0 Å². The number of nitrogens with two attached hydrogens (primary N) is 1. The van der Waals surface area contributed by atoms with Crippen LogP contribution in [0, 0.1) is 11.8 Å². The molecule has 2 fully saturated rings. The van der Waals surface area contributed by atoms with E-state index in [1.165, 1.54) is 83.2 Å². The zero-order valence-corrected chi connectivity index (χ0v) is 16.6. The van der Waals surface area contributed by atoms with Crippen LogP contribution in [0.15, 0.2) is 23.3 Å². The highest BCUT2D eigenvalue weighted by molar-refractivity contribution is 5.27. The monoisotopic (exact) mass is 345 g/mol. The number of rotatable bonds is 6. The standard InChI is InChI=1S/C22H39N3/c1-18-6-7-22(19(2)16-18)20(17-23)8-13-24-14-9-21(10-15-24)25-11-4-3-5-12-25/h6-7,19-21H,3-5,8-17,23H2,1-2H3. The Balaban J connectivity index is 1.44. The highest BCUT2D eigenvalue weighted by Gasteiger charge is 2.26. The Hall–Kier alpha value is -0.640. The molecule has 0 radical (unpaired) electrons. The number of likely N-dealkylation sites (tertiary alicyclic amines) is 2. The first-order valence-electron chi connectivity index (χ1n) is 10.7. The van der Waals surface area contributed by atoms with Gasteiger partial charge in [0.15, 0.2) is 0 Å². The van der Waals surface area contributed by atoms with Crippen LogP contribution >= 0.6 is 0 Å². The van der Waals surface area contributed by atoms with Crippen molar-refractivity contribution in [3.63, 3.8) is 0 Å². The summed E-state index contributed by atoms with van der Waals surface area (Å²) in [5.74, 6) is 1.24. The van der Waals surface area contributed by atoms with Crippen LogP contribution < -0.4 is 5.73 Å². The molecule has 0 aromatic rings. The van der Waals surface area contributed by atoms with E-state index >= 15 is 0 Å². The van der Waals surface area contributed by atoms with E-state index in [9.17, 15) is 0 Å². The molecule has 142 valence electrons. The molecule has 0 saturated carbocycles. The third-order valence-corrected chi connectivity index (χ3v) is 6.77. The van der Waals surface area contributed by atoms with Gasteiger partial charge in [0.05, 0.1) is 0 Å². The SMILES string of the molecule is CC1=CC=C(C(CN)CCN2CCC(N3CCCCC3)CC2)C(C)C1. The van der Waals surface area contributed by atoms with E-state index in [-0.39, 0.29) is 0 Å². The number of piperidine rings is 2. The van der Waals surface area contributed by atoms with Crippen molar-refractivity contribution in [2.75, 3.05) is 39.3 Å². The highest BCUT2D eigenvalue weighted by atomic mass is 15.2. The average Bonchev–Trinajstić information content (AvgIpc) is 2.65. The van der Waals surface area contributed by atoms with Gasteiger partial charge in [-0.3, -0.25) is 0 Å². The van der Waals surface area contributed by atoms with E-state index in [0.29, 0.717) is 11.8 Å². The molecule has 0 aromatic heterocycles. The summed E-state index contributed by atoms with van der Waals surface area (Å²) in [5.41, 5.74) is 9.25. The molecule has 1 aliphatic carbocycles. The molecule has 3 nitrogen and oxygen atoms in total. The van der Waals surface area contributed by atoms with Gasteiger partial charge in [-0.1, -0.05) is 36.6 Å². The van der Waals surface area contributed by atoms with Crippen molar-refractivity contribution in [3.05, 3.63) is 23.3 Å². The summed E-state index contributed by atoms with van der Waals surface area (Å²) in [7, 11) is 0. The molecule has 3 rings (SSSR count). The van der Waals surface area contributed by atoms with Crippen LogP contribution in [-0.2, 0) is 0 Å². The van der Waals surface area contributed by atoms with Gasteiger partial charge in [-0.15, -0.1) is 0 Å². The van der Waals surface area contributed by atoms with E-state index in [0.717, 1.165) is 12.6 Å². The Bertz CT molecular complexity index is 468. The van der Waals surface area contributed by atoms with Crippen LogP contribution in [-0.4, -0.2) is 55.1 Å².